The van der Waals surface area contributed by atoms with Gasteiger partial charge in [-0.1, -0.05) is 29.3 Å². The first-order chi connectivity index (χ1) is 13.1. The van der Waals surface area contributed by atoms with Crippen molar-refractivity contribution < 1.29 is 17.9 Å². The Bertz CT molecular complexity index is 964. The lowest BCUT2D eigenvalue weighted by molar-refractivity contribution is -0.116. The zero-order valence-corrected chi connectivity index (χ0v) is 18.2. The Morgan fingerprint density at radius 2 is 1.89 bits per heavy atom. The lowest BCUT2D eigenvalue weighted by atomic mass is 10.2. The molecule has 0 radical (unpaired) electrons. The van der Waals surface area contributed by atoms with E-state index in [0.717, 1.165) is 11.8 Å². The van der Waals surface area contributed by atoms with Crippen LogP contribution in [0.1, 0.15) is 18.4 Å². The molecular weight excluding hydrogens is 423 g/mol. The molecule has 2 rings (SSSR count). The highest BCUT2D eigenvalue weighted by Gasteiger charge is 2.19. The number of sulfonamides is 1. The van der Waals surface area contributed by atoms with Crippen molar-refractivity contribution >= 4 is 50.5 Å². The Hall–Kier alpha value is -1.96. The van der Waals surface area contributed by atoms with Crippen LogP contribution in [0.25, 0.3) is 0 Å². The highest BCUT2D eigenvalue weighted by atomic mass is 35.5. The van der Waals surface area contributed by atoms with Gasteiger partial charge in [0.1, 0.15) is 5.75 Å². The van der Waals surface area contributed by atoms with Crippen molar-refractivity contribution in [2.24, 2.45) is 0 Å². The largest absolute Gasteiger partial charge is 0.495 e. The quantitative estimate of drug-likeness (QED) is 0.650. The summed E-state index contributed by atoms with van der Waals surface area (Å²) >= 11 is 12.1. The predicted molar refractivity (Wildman–Crippen MR) is 114 cm³/mol. The summed E-state index contributed by atoms with van der Waals surface area (Å²) in [5.41, 5.74) is 1.95. The van der Waals surface area contributed by atoms with E-state index in [1.54, 1.807) is 24.3 Å². The molecule has 0 bridgehead atoms. The molecule has 1 N–H and O–H groups in total. The van der Waals surface area contributed by atoms with Gasteiger partial charge in [0, 0.05) is 23.7 Å². The lowest BCUT2D eigenvalue weighted by Gasteiger charge is -2.23. The van der Waals surface area contributed by atoms with Crippen molar-refractivity contribution in [3.8, 4) is 5.75 Å². The number of amides is 1. The van der Waals surface area contributed by atoms with Gasteiger partial charge in [-0.25, -0.2) is 8.42 Å². The second-order valence-corrected chi connectivity index (χ2v) is 9.02. The number of carbonyl (C=O) groups excluding carboxylic acids is 1. The molecule has 0 aromatic heterocycles. The van der Waals surface area contributed by atoms with E-state index in [1.807, 2.05) is 13.0 Å². The van der Waals surface area contributed by atoms with Crippen molar-refractivity contribution in [2.45, 2.75) is 19.8 Å². The summed E-state index contributed by atoms with van der Waals surface area (Å²) in [5, 5.41) is 3.63. The van der Waals surface area contributed by atoms with Crippen LogP contribution < -0.4 is 14.4 Å². The SMILES string of the molecule is COc1ccc(N(CCCC(=O)Nc2cc(Cl)ccc2C)S(C)(=O)=O)cc1Cl. The van der Waals surface area contributed by atoms with Crippen molar-refractivity contribution in [3.05, 3.63) is 52.0 Å². The molecule has 2 aromatic rings. The molecule has 152 valence electrons. The summed E-state index contributed by atoms with van der Waals surface area (Å²) in [6.07, 6.45) is 1.60. The summed E-state index contributed by atoms with van der Waals surface area (Å²) in [5.74, 6) is 0.238. The molecule has 0 saturated carbocycles. The number of hydrogen-bond donors (Lipinski definition) is 1. The maximum Gasteiger partial charge on any atom is 0.232 e. The Morgan fingerprint density at radius 1 is 1.18 bits per heavy atom. The number of methoxy groups -OCH3 is 1. The summed E-state index contributed by atoms with van der Waals surface area (Å²) in [6.45, 7) is 2.01. The van der Waals surface area contributed by atoms with Gasteiger partial charge in [0.05, 0.1) is 24.1 Å². The Labute approximate surface area is 175 Å². The number of aryl methyl sites for hydroxylation is 1. The second kappa shape index (κ2) is 9.49. The molecule has 0 aliphatic carbocycles. The van der Waals surface area contributed by atoms with E-state index in [4.69, 9.17) is 27.9 Å². The van der Waals surface area contributed by atoms with Crippen LogP contribution in [0.3, 0.4) is 0 Å². The van der Waals surface area contributed by atoms with E-state index in [0.29, 0.717) is 33.6 Å². The lowest BCUT2D eigenvalue weighted by Crippen LogP contribution is -2.31. The van der Waals surface area contributed by atoms with Crippen LogP contribution >= 0.6 is 23.2 Å². The van der Waals surface area contributed by atoms with Crippen molar-refractivity contribution in [2.75, 3.05) is 29.5 Å². The van der Waals surface area contributed by atoms with Crippen LogP contribution in [0.2, 0.25) is 10.0 Å². The number of halogens is 2. The van der Waals surface area contributed by atoms with Gasteiger partial charge >= 0.3 is 0 Å². The fraction of sp³-hybridized carbons (Fsp3) is 0.316. The first kappa shape index (κ1) is 22.3. The van der Waals surface area contributed by atoms with E-state index < -0.39 is 10.0 Å². The number of hydrogen-bond acceptors (Lipinski definition) is 4. The van der Waals surface area contributed by atoms with Gasteiger partial charge in [-0.3, -0.25) is 9.10 Å². The van der Waals surface area contributed by atoms with Gasteiger partial charge in [-0.05, 0) is 49.2 Å². The minimum atomic E-state index is -3.54. The van der Waals surface area contributed by atoms with E-state index >= 15 is 0 Å². The van der Waals surface area contributed by atoms with Gasteiger partial charge in [-0.15, -0.1) is 0 Å². The predicted octanol–water partition coefficient (Wildman–Crippen LogP) is 4.50. The number of anilines is 2. The molecule has 0 atom stereocenters. The average Bonchev–Trinajstić information content (AvgIpc) is 2.60. The van der Waals surface area contributed by atoms with Crippen LogP contribution in [-0.2, 0) is 14.8 Å². The molecule has 9 heteroatoms. The van der Waals surface area contributed by atoms with Crippen LogP contribution in [0.4, 0.5) is 11.4 Å². The Balaban J connectivity index is 2.03. The molecule has 0 heterocycles. The fourth-order valence-electron chi connectivity index (χ4n) is 2.62. The van der Waals surface area contributed by atoms with E-state index in [2.05, 4.69) is 5.32 Å². The zero-order valence-electron chi connectivity index (χ0n) is 15.8. The second-order valence-electron chi connectivity index (χ2n) is 6.26. The maximum absolute atomic E-state index is 12.2. The van der Waals surface area contributed by atoms with Crippen LogP contribution in [0.5, 0.6) is 5.75 Å². The van der Waals surface area contributed by atoms with E-state index in [1.165, 1.54) is 17.5 Å². The number of benzene rings is 2. The molecule has 0 fully saturated rings. The van der Waals surface area contributed by atoms with Crippen LogP contribution in [-0.4, -0.2) is 34.2 Å². The van der Waals surface area contributed by atoms with Gasteiger partial charge in [0.2, 0.25) is 15.9 Å². The summed E-state index contributed by atoms with van der Waals surface area (Å²) < 4.78 is 30.7. The third kappa shape index (κ3) is 6.02. The molecule has 0 aliphatic heterocycles. The molecule has 28 heavy (non-hydrogen) atoms. The van der Waals surface area contributed by atoms with E-state index in [9.17, 15) is 13.2 Å². The van der Waals surface area contributed by atoms with Gasteiger partial charge in [-0.2, -0.15) is 0 Å². The molecular formula is C19H22Cl2N2O4S. The Kier molecular flexibility index (Phi) is 7.57. The molecule has 0 spiro atoms. The normalized spacial score (nSPS) is 11.2. The van der Waals surface area contributed by atoms with Gasteiger partial charge < -0.3 is 10.1 Å². The van der Waals surface area contributed by atoms with Gasteiger partial charge in [0.25, 0.3) is 0 Å². The number of rotatable bonds is 8. The molecule has 0 unspecified atom stereocenters. The first-order valence-corrected chi connectivity index (χ1v) is 11.1. The summed E-state index contributed by atoms with van der Waals surface area (Å²) in [6, 6.07) is 9.98. The molecule has 1 amide bonds. The minimum absolute atomic E-state index is 0.142. The highest BCUT2D eigenvalue weighted by molar-refractivity contribution is 7.92. The first-order valence-electron chi connectivity index (χ1n) is 8.49. The molecule has 2 aromatic carbocycles. The highest BCUT2D eigenvalue weighted by Crippen LogP contribution is 2.30. The van der Waals surface area contributed by atoms with Crippen molar-refractivity contribution in [1.82, 2.24) is 0 Å². The third-order valence-electron chi connectivity index (χ3n) is 4.06. The van der Waals surface area contributed by atoms with Crippen LogP contribution in [0.15, 0.2) is 36.4 Å². The summed E-state index contributed by atoms with van der Waals surface area (Å²) in [7, 11) is -2.06. The molecule has 6 nitrogen and oxygen atoms in total. The van der Waals surface area contributed by atoms with Gasteiger partial charge in [0.15, 0.2) is 0 Å². The van der Waals surface area contributed by atoms with Crippen LogP contribution in [0, 0.1) is 6.92 Å². The topological polar surface area (TPSA) is 75.7 Å². The monoisotopic (exact) mass is 444 g/mol. The van der Waals surface area contributed by atoms with Crippen molar-refractivity contribution in [3.63, 3.8) is 0 Å². The summed E-state index contributed by atoms with van der Waals surface area (Å²) in [4.78, 5) is 12.2. The molecule has 0 aliphatic rings. The average molecular weight is 445 g/mol. The number of ether oxygens (including phenoxy) is 1. The maximum atomic E-state index is 12.2. The number of nitrogens with one attached hydrogen (secondary N) is 1. The molecule has 0 saturated heterocycles. The standard InChI is InChI=1S/C19H22Cl2N2O4S/c1-13-6-7-14(20)11-17(13)22-19(24)5-4-10-23(28(3,25)26)15-8-9-18(27-2)16(21)12-15/h6-9,11-12H,4-5,10H2,1-3H3,(H,22,24). The third-order valence-corrected chi connectivity index (χ3v) is 5.79. The van der Waals surface area contributed by atoms with Crippen molar-refractivity contribution in [1.29, 1.82) is 0 Å². The number of carbonyl (C=O) groups is 1. The zero-order chi connectivity index (χ0) is 20.9. The Morgan fingerprint density at radius 3 is 2.50 bits per heavy atom. The number of nitrogens with zero attached hydrogens (tertiary/aromatic N) is 1. The fourth-order valence-corrected chi connectivity index (χ4v) is 4.00. The minimum Gasteiger partial charge on any atom is -0.495 e. The smallest absolute Gasteiger partial charge is 0.232 e. The van der Waals surface area contributed by atoms with E-state index in [-0.39, 0.29) is 18.9 Å².